The van der Waals surface area contributed by atoms with Gasteiger partial charge in [-0.1, -0.05) is 37.4 Å². The maximum atomic E-state index is 10.5. The summed E-state index contributed by atoms with van der Waals surface area (Å²) in [6.45, 7) is 8.21. The van der Waals surface area contributed by atoms with Gasteiger partial charge >= 0.3 is 25.8 Å². The fourth-order valence-corrected chi connectivity index (χ4v) is 1.33. The smallest absolute Gasteiger partial charge is 1.00 e. The van der Waals surface area contributed by atoms with Crippen LogP contribution in [0, 0.1) is 13.0 Å². The molecule has 1 amide bonds. The van der Waals surface area contributed by atoms with Gasteiger partial charge in [0.25, 0.3) is 0 Å². The van der Waals surface area contributed by atoms with Crippen LogP contribution >= 0.6 is 0 Å². The molecule has 0 heterocycles. The molecule has 1 aliphatic rings. The molecule has 0 aliphatic heterocycles. The topological polar surface area (TPSA) is 40.9 Å². The average Bonchev–Trinajstić information content (AvgIpc) is 2.82. The zero-order valence-electron chi connectivity index (χ0n) is 13.3. The van der Waals surface area contributed by atoms with Crippen molar-refractivity contribution in [3.63, 3.8) is 0 Å². The quantitative estimate of drug-likeness (QED) is 0.334. The average molecular weight is 521 g/mol. The molecule has 0 saturated carbocycles. The molecule has 0 aromatic heterocycles. The van der Waals surface area contributed by atoms with E-state index in [-0.39, 0.29) is 50.7 Å². The van der Waals surface area contributed by atoms with Crippen molar-refractivity contribution < 1.29 is 55.5 Å². The van der Waals surface area contributed by atoms with Crippen LogP contribution in [0.2, 0.25) is 13.1 Å². The maximum absolute atomic E-state index is 10.5. The first-order valence-electron chi connectivity index (χ1n) is 6.16. The summed E-state index contributed by atoms with van der Waals surface area (Å²) in [6, 6.07) is 7.09. The van der Waals surface area contributed by atoms with Gasteiger partial charge in [-0.05, 0) is 12.5 Å². The summed E-state index contributed by atoms with van der Waals surface area (Å²) in [5.74, 6) is -0.613. The Bertz CT molecular complexity index is 462. The third-order valence-corrected chi connectivity index (χ3v) is 2.26. The van der Waals surface area contributed by atoms with Crippen LogP contribution in [0.25, 0.3) is 5.73 Å². The molecule has 2 nitrogen and oxygen atoms in total. The van der Waals surface area contributed by atoms with Crippen LogP contribution in [-0.2, 0) is 25.8 Å². The maximum Gasteiger partial charge on any atom is 4.00 e. The van der Waals surface area contributed by atoms with Crippen LogP contribution in [0.1, 0.15) is 29.3 Å². The summed E-state index contributed by atoms with van der Waals surface area (Å²) in [4.78, 5) is 10.5. The first-order chi connectivity index (χ1) is 9.02. The van der Waals surface area contributed by atoms with Gasteiger partial charge in [0.1, 0.15) is 0 Å². The number of benzene rings is 1. The van der Waals surface area contributed by atoms with E-state index in [1.54, 1.807) is 12.1 Å². The molecule has 0 saturated heterocycles. The Balaban J connectivity index is -0.000000118. The minimum absolute atomic E-state index is 0. The van der Waals surface area contributed by atoms with E-state index in [4.69, 9.17) is 5.73 Å². The summed E-state index contributed by atoms with van der Waals surface area (Å²) < 4.78 is 0. The van der Waals surface area contributed by atoms with Gasteiger partial charge in [0, 0.05) is 15.1 Å². The number of aryl methyl sites for hydroxylation is 1. The van der Waals surface area contributed by atoms with Gasteiger partial charge in [0.15, 0.2) is 0 Å². The molecule has 1 aromatic carbocycles. The first kappa shape index (κ1) is 29.8. The third-order valence-electron chi connectivity index (χ3n) is 2.26. The Morgan fingerprint density at radius 3 is 1.91 bits per heavy atom. The zero-order valence-corrected chi connectivity index (χ0v) is 19.4. The summed E-state index contributed by atoms with van der Waals surface area (Å²) in [5, 5.41) is 0. The molecule has 118 valence electrons. The van der Waals surface area contributed by atoms with Gasteiger partial charge < -0.3 is 35.3 Å². The van der Waals surface area contributed by atoms with E-state index in [0.717, 1.165) is 21.5 Å². The molecule has 0 atom stereocenters. The fraction of sp³-hybridized carbons (Fsp3) is 0.312. The van der Waals surface area contributed by atoms with Crippen molar-refractivity contribution in [1.82, 2.24) is 0 Å². The summed E-state index contributed by atoms with van der Waals surface area (Å²) in [7, 11) is 1.08. The largest absolute Gasteiger partial charge is 4.00 e. The van der Waals surface area contributed by atoms with Crippen LogP contribution in [0.3, 0.4) is 0 Å². The second-order valence-corrected chi connectivity index (χ2v) is 5.14. The van der Waals surface area contributed by atoms with Gasteiger partial charge in [0.2, 0.25) is 0 Å². The Hall–Kier alpha value is -0.163. The predicted octanol–water partition coefficient (Wildman–Crippen LogP) is -1.32. The zero-order chi connectivity index (χ0) is 14.7. The van der Waals surface area contributed by atoms with Crippen molar-refractivity contribution in [2.75, 3.05) is 0 Å². The van der Waals surface area contributed by atoms with Crippen LogP contribution in [0.4, 0.5) is 0 Å². The molecule has 0 spiro atoms. The van der Waals surface area contributed by atoms with Gasteiger partial charge in [-0.3, -0.25) is 6.08 Å². The number of hydrogen-bond donors (Lipinski definition) is 0. The second-order valence-electron chi connectivity index (χ2n) is 4.14. The SMILES string of the molecule is CC1=CC[C-]=C1.C[Si]C.Cc1ccccc1C([NH-])=O.[Cl-].[Cl-].[Hf+4]. The molecular formula is C16H21Cl2HfNOSi. The Morgan fingerprint density at radius 2 is 1.68 bits per heavy atom. The number of halogens is 2. The van der Waals surface area contributed by atoms with Gasteiger partial charge in [-0.2, -0.15) is 6.08 Å². The number of hydrogen-bond acceptors (Lipinski definition) is 1. The molecule has 22 heavy (non-hydrogen) atoms. The van der Waals surface area contributed by atoms with Crippen molar-refractivity contribution in [3.05, 3.63) is 64.9 Å². The summed E-state index contributed by atoms with van der Waals surface area (Å²) >= 11 is 0. The van der Waals surface area contributed by atoms with Crippen molar-refractivity contribution in [3.8, 4) is 0 Å². The molecule has 1 aliphatic carbocycles. The number of carbonyl (C=O) groups excluding carboxylic acids is 1. The standard InChI is InChI=1S/C8H9NO.C6H7.C2H6Si.2ClH.Hf/c1-6-4-2-3-5-7(6)8(9)10;1-6-4-2-3-5-6;1-3-2;;;/h2-5H,1H3,(H2,9,10);4-5H,2H2,1H3;1-2H3;2*1H;/q;-1;;;;+4/p-3. The molecule has 2 rings (SSSR count). The Morgan fingerprint density at radius 1 is 1.18 bits per heavy atom. The van der Waals surface area contributed by atoms with Crippen molar-refractivity contribution in [2.45, 2.75) is 33.4 Å². The molecule has 0 unspecified atom stereocenters. The molecule has 1 aromatic rings. The Kier molecular flexibility index (Phi) is 25.6. The van der Waals surface area contributed by atoms with E-state index in [2.05, 4.69) is 32.2 Å². The van der Waals surface area contributed by atoms with Crippen molar-refractivity contribution in [2.24, 2.45) is 0 Å². The van der Waals surface area contributed by atoms with Crippen molar-refractivity contribution >= 4 is 15.4 Å². The van der Waals surface area contributed by atoms with Gasteiger partial charge in [-0.15, -0.1) is 13.3 Å². The van der Waals surface area contributed by atoms with Gasteiger partial charge in [-0.25, -0.2) is 11.6 Å². The number of allylic oxidation sites excluding steroid dienone is 4. The van der Waals surface area contributed by atoms with Crippen LogP contribution in [-0.4, -0.2) is 15.4 Å². The first-order valence-corrected chi connectivity index (χ1v) is 8.16. The predicted molar refractivity (Wildman–Crippen MR) is 83.5 cm³/mol. The van der Waals surface area contributed by atoms with E-state index in [1.165, 1.54) is 5.57 Å². The number of carbonyl (C=O) groups is 1. The molecular weight excluding hydrogens is 500 g/mol. The van der Waals surface area contributed by atoms with Gasteiger partial charge in [0.05, 0.1) is 5.91 Å². The van der Waals surface area contributed by atoms with E-state index in [0.29, 0.717) is 5.56 Å². The van der Waals surface area contributed by atoms with E-state index >= 15 is 0 Å². The third kappa shape index (κ3) is 14.8. The van der Waals surface area contributed by atoms with E-state index in [9.17, 15) is 4.79 Å². The summed E-state index contributed by atoms with van der Waals surface area (Å²) in [5.41, 5.74) is 9.52. The fourth-order valence-electron chi connectivity index (χ4n) is 1.33. The molecule has 0 fully saturated rings. The molecule has 6 heteroatoms. The van der Waals surface area contributed by atoms with Crippen molar-refractivity contribution in [1.29, 1.82) is 0 Å². The van der Waals surface area contributed by atoms with Crippen LogP contribution in [0.5, 0.6) is 0 Å². The Labute approximate surface area is 168 Å². The molecule has 1 N–H and O–H groups in total. The van der Waals surface area contributed by atoms with E-state index in [1.807, 2.05) is 25.1 Å². The minimum Gasteiger partial charge on any atom is -1.00 e. The normalized spacial score (nSPS) is 10.1. The monoisotopic (exact) mass is 521 g/mol. The number of rotatable bonds is 1. The van der Waals surface area contributed by atoms with E-state index < -0.39 is 5.91 Å². The summed E-state index contributed by atoms with van der Waals surface area (Å²) in [6.07, 6.45) is 8.24. The minimum atomic E-state index is -0.613. The number of nitrogens with one attached hydrogen (secondary N) is 1. The second kappa shape index (κ2) is 18.9. The molecule has 0 bridgehead atoms. The van der Waals surface area contributed by atoms with Crippen LogP contribution < -0.4 is 24.8 Å². The van der Waals surface area contributed by atoms with Crippen LogP contribution in [0.15, 0.2) is 42.0 Å². The molecule has 2 radical (unpaired) electrons. The number of amides is 1.